The maximum atomic E-state index is 12.3. The molecule has 1 aliphatic rings. The monoisotopic (exact) mass is 422 g/mol. The molecule has 0 aliphatic carbocycles. The molecule has 2 heterocycles. The maximum absolute atomic E-state index is 12.3. The Morgan fingerprint density at radius 3 is 2.65 bits per heavy atom. The van der Waals surface area contributed by atoms with Gasteiger partial charge >= 0.3 is 6.03 Å². The van der Waals surface area contributed by atoms with Gasteiger partial charge in [-0.15, -0.1) is 0 Å². The van der Waals surface area contributed by atoms with Crippen LogP contribution in [0.25, 0.3) is 0 Å². The summed E-state index contributed by atoms with van der Waals surface area (Å²) in [5.41, 5.74) is 2.15. The van der Waals surface area contributed by atoms with Crippen molar-refractivity contribution in [3.05, 3.63) is 77.4 Å². The van der Waals surface area contributed by atoms with Crippen molar-refractivity contribution in [3.8, 4) is 5.75 Å². The summed E-state index contributed by atoms with van der Waals surface area (Å²) in [5.74, 6) is 2.09. The average Bonchev–Trinajstić information content (AvgIpc) is 3.23. The Labute approximate surface area is 181 Å². The number of carbonyl (C=O) groups is 1. The first-order valence-electron chi connectivity index (χ1n) is 10.3. The van der Waals surface area contributed by atoms with E-state index in [1.165, 1.54) is 0 Å². The van der Waals surface area contributed by atoms with Gasteiger partial charge in [0.1, 0.15) is 5.75 Å². The number of nitrogens with zero attached hydrogens (tertiary/aromatic N) is 3. The molecule has 8 heteroatoms. The summed E-state index contributed by atoms with van der Waals surface area (Å²) in [6.45, 7) is 2.70. The molecule has 3 aromatic rings. The zero-order valence-electron chi connectivity index (χ0n) is 17.5. The first-order chi connectivity index (χ1) is 15.2. The van der Waals surface area contributed by atoms with Gasteiger partial charge in [0.2, 0.25) is 5.89 Å². The van der Waals surface area contributed by atoms with Crippen LogP contribution in [-0.4, -0.2) is 47.9 Å². The Balaban J connectivity index is 1.15. The quantitative estimate of drug-likeness (QED) is 0.533. The fourth-order valence-corrected chi connectivity index (χ4v) is 3.30. The SMILES string of the molecule is COc1ccc(CNC(=O)N2CC(c3nc(CCOCc4ccccc4)no3)C2)cc1. The van der Waals surface area contributed by atoms with Crippen molar-refractivity contribution in [2.45, 2.75) is 25.5 Å². The molecule has 2 aromatic carbocycles. The highest BCUT2D eigenvalue weighted by Crippen LogP contribution is 2.25. The number of rotatable bonds is 9. The lowest BCUT2D eigenvalue weighted by Crippen LogP contribution is -2.52. The Morgan fingerprint density at radius 2 is 1.90 bits per heavy atom. The molecule has 0 spiro atoms. The van der Waals surface area contributed by atoms with Gasteiger partial charge in [0.05, 0.1) is 26.2 Å². The van der Waals surface area contributed by atoms with Gasteiger partial charge in [-0.25, -0.2) is 4.79 Å². The van der Waals surface area contributed by atoms with Crippen molar-refractivity contribution in [3.63, 3.8) is 0 Å². The smallest absolute Gasteiger partial charge is 0.317 e. The van der Waals surface area contributed by atoms with Gasteiger partial charge in [-0.3, -0.25) is 0 Å². The van der Waals surface area contributed by atoms with Gasteiger partial charge in [0.25, 0.3) is 0 Å². The summed E-state index contributed by atoms with van der Waals surface area (Å²) in [4.78, 5) is 18.5. The first kappa shape index (κ1) is 20.9. The zero-order chi connectivity index (χ0) is 21.5. The number of methoxy groups -OCH3 is 1. The summed E-state index contributed by atoms with van der Waals surface area (Å²) >= 11 is 0. The van der Waals surface area contributed by atoms with Crippen molar-refractivity contribution in [2.75, 3.05) is 26.8 Å². The summed E-state index contributed by atoms with van der Waals surface area (Å²) in [6.07, 6.45) is 0.592. The predicted molar refractivity (Wildman–Crippen MR) is 114 cm³/mol. The Kier molecular flexibility index (Phi) is 6.78. The molecule has 1 fully saturated rings. The second kappa shape index (κ2) is 10.1. The van der Waals surface area contributed by atoms with Crippen LogP contribution in [0.1, 0.15) is 28.8 Å². The number of benzene rings is 2. The van der Waals surface area contributed by atoms with E-state index in [-0.39, 0.29) is 11.9 Å². The molecule has 0 bridgehead atoms. The molecule has 1 N–H and O–H groups in total. The zero-order valence-corrected chi connectivity index (χ0v) is 17.5. The molecule has 1 aromatic heterocycles. The maximum Gasteiger partial charge on any atom is 0.317 e. The normalized spacial score (nSPS) is 13.6. The van der Waals surface area contributed by atoms with Crippen LogP contribution in [0.15, 0.2) is 59.1 Å². The predicted octanol–water partition coefficient (Wildman–Crippen LogP) is 3.15. The number of nitrogens with one attached hydrogen (secondary N) is 1. The number of hydrogen-bond donors (Lipinski definition) is 1. The molecule has 0 radical (unpaired) electrons. The van der Waals surface area contributed by atoms with Gasteiger partial charge in [0.15, 0.2) is 5.82 Å². The molecule has 4 rings (SSSR count). The third kappa shape index (κ3) is 5.61. The number of likely N-dealkylation sites (tertiary alicyclic amines) is 1. The van der Waals surface area contributed by atoms with E-state index in [0.29, 0.717) is 51.0 Å². The minimum Gasteiger partial charge on any atom is -0.497 e. The second-order valence-electron chi connectivity index (χ2n) is 7.45. The largest absolute Gasteiger partial charge is 0.497 e. The Bertz CT molecular complexity index is 969. The topological polar surface area (TPSA) is 89.7 Å². The summed E-state index contributed by atoms with van der Waals surface area (Å²) < 4.78 is 16.2. The minimum atomic E-state index is -0.0962. The lowest BCUT2D eigenvalue weighted by molar-refractivity contribution is 0.122. The van der Waals surface area contributed by atoms with Gasteiger partial charge < -0.3 is 24.2 Å². The summed E-state index contributed by atoms with van der Waals surface area (Å²) in [6, 6.07) is 17.5. The lowest BCUT2D eigenvalue weighted by atomic mass is 10.0. The van der Waals surface area contributed by atoms with E-state index < -0.39 is 0 Å². The molecular formula is C23H26N4O4. The van der Waals surface area contributed by atoms with Crippen LogP contribution in [0.2, 0.25) is 0 Å². The minimum absolute atomic E-state index is 0.0817. The lowest BCUT2D eigenvalue weighted by Gasteiger charge is -2.36. The number of hydrogen-bond acceptors (Lipinski definition) is 6. The third-order valence-corrected chi connectivity index (χ3v) is 5.19. The number of aromatic nitrogens is 2. The van der Waals surface area contributed by atoms with E-state index in [4.69, 9.17) is 14.0 Å². The second-order valence-corrected chi connectivity index (χ2v) is 7.45. The van der Waals surface area contributed by atoms with E-state index in [2.05, 4.69) is 15.5 Å². The van der Waals surface area contributed by atoms with Crippen molar-refractivity contribution < 1.29 is 18.8 Å². The van der Waals surface area contributed by atoms with Crippen LogP contribution < -0.4 is 10.1 Å². The molecule has 2 amide bonds. The molecular weight excluding hydrogens is 396 g/mol. The third-order valence-electron chi connectivity index (χ3n) is 5.19. The van der Waals surface area contributed by atoms with Crippen LogP contribution in [-0.2, 0) is 24.3 Å². The van der Waals surface area contributed by atoms with E-state index in [0.717, 1.165) is 16.9 Å². The van der Waals surface area contributed by atoms with Gasteiger partial charge in [0, 0.05) is 26.1 Å². The molecule has 1 aliphatic heterocycles. The fraction of sp³-hybridized carbons (Fsp3) is 0.348. The number of amides is 2. The molecule has 31 heavy (non-hydrogen) atoms. The molecule has 8 nitrogen and oxygen atoms in total. The molecule has 0 unspecified atom stereocenters. The van der Waals surface area contributed by atoms with Crippen molar-refractivity contribution in [1.29, 1.82) is 0 Å². The average molecular weight is 422 g/mol. The number of urea groups is 1. The van der Waals surface area contributed by atoms with E-state index in [9.17, 15) is 4.79 Å². The van der Waals surface area contributed by atoms with Crippen LogP contribution in [0, 0.1) is 0 Å². The Morgan fingerprint density at radius 1 is 1.13 bits per heavy atom. The molecule has 162 valence electrons. The van der Waals surface area contributed by atoms with Crippen LogP contribution in [0.3, 0.4) is 0 Å². The molecule has 0 atom stereocenters. The van der Waals surface area contributed by atoms with E-state index in [1.807, 2.05) is 54.6 Å². The standard InChI is InChI=1S/C23H26N4O4/c1-29-20-9-7-17(8-10-20)13-24-23(28)27-14-19(15-27)22-25-21(26-31-22)11-12-30-16-18-5-3-2-4-6-18/h2-10,19H,11-16H2,1H3,(H,24,28). The number of ether oxygens (including phenoxy) is 2. The highest BCUT2D eigenvalue weighted by Gasteiger charge is 2.35. The van der Waals surface area contributed by atoms with E-state index in [1.54, 1.807) is 12.0 Å². The van der Waals surface area contributed by atoms with Crippen molar-refractivity contribution in [1.82, 2.24) is 20.4 Å². The highest BCUT2D eigenvalue weighted by molar-refractivity contribution is 5.75. The number of carbonyl (C=O) groups excluding carboxylic acids is 1. The van der Waals surface area contributed by atoms with Crippen LogP contribution >= 0.6 is 0 Å². The van der Waals surface area contributed by atoms with Gasteiger partial charge in [-0.2, -0.15) is 4.98 Å². The first-order valence-corrected chi connectivity index (χ1v) is 10.3. The molecule has 1 saturated heterocycles. The van der Waals surface area contributed by atoms with Gasteiger partial charge in [-0.05, 0) is 23.3 Å². The summed E-state index contributed by atoms with van der Waals surface area (Å²) in [7, 11) is 1.63. The van der Waals surface area contributed by atoms with Crippen molar-refractivity contribution in [2.24, 2.45) is 0 Å². The van der Waals surface area contributed by atoms with E-state index >= 15 is 0 Å². The van der Waals surface area contributed by atoms with Crippen LogP contribution in [0.4, 0.5) is 4.79 Å². The fourth-order valence-electron chi connectivity index (χ4n) is 3.30. The van der Waals surface area contributed by atoms with Crippen LogP contribution in [0.5, 0.6) is 5.75 Å². The Hall–Kier alpha value is -3.39. The van der Waals surface area contributed by atoms with Crippen molar-refractivity contribution >= 4 is 6.03 Å². The summed E-state index contributed by atoms with van der Waals surface area (Å²) in [5, 5.41) is 6.95. The highest BCUT2D eigenvalue weighted by atomic mass is 16.5. The molecule has 0 saturated carbocycles. The van der Waals surface area contributed by atoms with Gasteiger partial charge in [-0.1, -0.05) is 47.6 Å².